The summed E-state index contributed by atoms with van der Waals surface area (Å²) in [6.07, 6.45) is 1.61. The molecule has 1 amide bonds. The van der Waals surface area contributed by atoms with Gasteiger partial charge in [-0.1, -0.05) is 19.1 Å². The molecule has 0 radical (unpaired) electrons. The number of nitrogens with one attached hydrogen (secondary N) is 1. The Labute approximate surface area is 177 Å². The van der Waals surface area contributed by atoms with Gasteiger partial charge in [0.1, 0.15) is 0 Å². The highest BCUT2D eigenvalue weighted by molar-refractivity contribution is 7.89. The number of amides is 1. The molecule has 7 nitrogen and oxygen atoms in total. The predicted octanol–water partition coefficient (Wildman–Crippen LogP) is 3.22. The van der Waals surface area contributed by atoms with Crippen molar-refractivity contribution in [2.45, 2.75) is 44.1 Å². The van der Waals surface area contributed by atoms with Crippen molar-refractivity contribution in [3.8, 4) is 0 Å². The first kappa shape index (κ1) is 22.0. The standard InChI is InChI=1S/C22H26N2O5S/c1-3-17-6-10-19(11-7-17)23-21(25)16(2)29-22(26)18-8-12-20(13-9-18)30(27,28)24-14-4-5-15-24/h6-13,16H,3-5,14-15H2,1-2H3,(H,23,25). The van der Waals surface area contributed by atoms with Gasteiger partial charge in [0.2, 0.25) is 10.0 Å². The summed E-state index contributed by atoms with van der Waals surface area (Å²) in [7, 11) is -3.54. The largest absolute Gasteiger partial charge is 0.449 e. The summed E-state index contributed by atoms with van der Waals surface area (Å²) in [4.78, 5) is 24.8. The molecule has 8 heteroatoms. The van der Waals surface area contributed by atoms with E-state index in [0.29, 0.717) is 18.8 Å². The number of benzene rings is 2. The van der Waals surface area contributed by atoms with Crippen LogP contribution in [0, 0.1) is 0 Å². The molecule has 30 heavy (non-hydrogen) atoms. The molecule has 0 aromatic heterocycles. The molecule has 1 heterocycles. The minimum atomic E-state index is -3.54. The van der Waals surface area contributed by atoms with Crippen molar-refractivity contribution in [1.82, 2.24) is 4.31 Å². The summed E-state index contributed by atoms with van der Waals surface area (Å²) < 4.78 is 31.8. The quantitative estimate of drug-likeness (QED) is 0.681. The van der Waals surface area contributed by atoms with Gasteiger partial charge in [0.15, 0.2) is 6.10 Å². The summed E-state index contributed by atoms with van der Waals surface area (Å²) in [5.74, 6) is -1.13. The fourth-order valence-electron chi connectivity index (χ4n) is 3.19. The van der Waals surface area contributed by atoms with E-state index in [9.17, 15) is 18.0 Å². The Kier molecular flexibility index (Phi) is 6.89. The Bertz CT molecular complexity index is 995. The SMILES string of the molecule is CCc1ccc(NC(=O)C(C)OC(=O)c2ccc(S(=O)(=O)N3CCCC3)cc2)cc1. The van der Waals surface area contributed by atoms with Crippen molar-refractivity contribution in [1.29, 1.82) is 0 Å². The number of ether oxygens (including phenoxy) is 1. The lowest BCUT2D eigenvalue weighted by Gasteiger charge is -2.16. The van der Waals surface area contributed by atoms with Gasteiger partial charge in [-0.05, 0) is 68.1 Å². The van der Waals surface area contributed by atoms with Crippen LogP contribution in [0.3, 0.4) is 0 Å². The van der Waals surface area contributed by atoms with Gasteiger partial charge in [-0.2, -0.15) is 4.31 Å². The molecule has 1 aliphatic rings. The van der Waals surface area contributed by atoms with Crippen molar-refractivity contribution < 1.29 is 22.7 Å². The van der Waals surface area contributed by atoms with Gasteiger partial charge in [-0.25, -0.2) is 13.2 Å². The molecule has 1 atom stereocenters. The van der Waals surface area contributed by atoms with Crippen LogP contribution >= 0.6 is 0 Å². The molecule has 1 fully saturated rings. The third-order valence-corrected chi connectivity index (χ3v) is 6.99. The van der Waals surface area contributed by atoms with Crippen LogP contribution in [0.1, 0.15) is 42.6 Å². The van der Waals surface area contributed by atoms with Crippen LogP contribution < -0.4 is 5.32 Å². The molecule has 1 saturated heterocycles. The highest BCUT2D eigenvalue weighted by atomic mass is 32.2. The van der Waals surface area contributed by atoms with Gasteiger partial charge in [0.05, 0.1) is 10.5 Å². The molecular weight excluding hydrogens is 404 g/mol. The second-order valence-corrected chi connectivity index (χ2v) is 9.16. The first-order chi connectivity index (χ1) is 14.3. The number of rotatable bonds is 7. The van der Waals surface area contributed by atoms with Crippen LogP contribution in [0.2, 0.25) is 0 Å². The number of carbonyl (C=O) groups excluding carboxylic acids is 2. The minimum Gasteiger partial charge on any atom is -0.449 e. The maximum atomic E-state index is 12.6. The fraction of sp³-hybridized carbons (Fsp3) is 0.364. The zero-order valence-electron chi connectivity index (χ0n) is 17.1. The molecule has 0 aliphatic carbocycles. The van der Waals surface area contributed by atoms with Gasteiger partial charge in [0, 0.05) is 18.8 Å². The number of sulfonamides is 1. The Balaban J connectivity index is 1.59. The van der Waals surface area contributed by atoms with E-state index in [1.165, 1.54) is 35.5 Å². The molecule has 160 valence electrons. The number of nitrogens with zero attached hydrogens (tertiary/aromatic N) is 1. The van der Waals surface area contributed by atoms with E-state index in [-0.39, 0.29) is 10.5 Å². The molecular formula is C22H26N2O5S. The van der Waals surface area contributed by atoms with Crippen molar-refractivity contribution >= 4 is 27.6 Å². The summed E-state index contributed by atoms with van der Waals surface area (Å²) in [5, 5.41) is 2.71. The van der Waals surface area contributed by atoms with Crippen LogP contribution in [-0.4, -0.2) is 43.8 Å². The first-order valence-electron chi connectivity index (χ1n) is 10.0. The predicted molar refractivity (Wildman–Crippen MR) is 114 cm³/mol. The van der Waals surface area contributed by atoms with Crippen molar-refractivity contribution in [3.05, 3.63) is 59.7 Å². The smallest absolute Gasteiger partial charge is 0.338 e. The molecule has 1 aliphatic heterocycles. The van der Waals surface area contributed by atoms with Crippen LogP contribution in [0.25, 0.3) is 0 Å². The Morgan fingerprint density at radius 1 is 1.03 bits per heavy atom. The van der Waals surface area contributed by atoms with E-state index in [2.05, 4.69) is 5.32 Å². The van der Waals surface area contributed by atoms with E-state index in [1.54, 1.807) is 12.1 Å². The summed E-state index contributed by atoms with van der Waals surface area (Å²) in [5.41, 5.74) is 1.96. The Morgan fingerprint density at radius 3 is 2.20 bits per heavy atom. The van der Waals surface area contributed by atoms with E-state index >= 15 is 0 Å². The summed E-state index contributed by atoms with van der Waals surface area (Å²) in [6.45, 7) is 4.56. The van der Waals surface area contributed by atoms with Crippen molar-refractivity contribution in [3.63, 3.8) is 0 Å². The lowest BCUT2D eigenvalue weighted by molar-refractivity contribution is -0.123. The molecule has 2 aromatic rings. The maximum Gasteiger partial charge on any atom is 0.338 e. The second-order valence-electron chi connectivity index (χ2n) is 7.22. The van der Waals surface area contributed by atoms with E-state index < -0.39 is 28.0 Å². The molecule has 0 saturated carbocycles. The van der Waals surface area contributed by atoms with E-state index in [4.69, 9.17) is 4.74 Å². The number of esters is 1. The monoisotopic (exact) mass is 430 g/mol. The lowest BCUT2D eigenvalue weighted by atomic mass is 10.1. The third kappa shape index (κ3) is 5.06. The van der Waals surface area contributed by atoms with Gasteiger partial charge < -0.3 is 10.1 Å². The number of hydrogen-bond donors (Lipinski definition) is 1. The van der Waals surface area contributed by atoms with Crippen LogP contribution in [0.5, 0.6) is 0 Å². The van der Waals surface area contributed by atoms with Gasteiger partial charge in [-0.15, -0.1) is 0 Å². The molecule has 1 unspecified atom stereocenters. The van der Waals surface area contributed by atoms with Crippen LogP contribution in [0.15, 0.2) is 53.4 Å². The van der Waals surface area contributed by atoms with E-state index in [0.717, 1.165) is 24.8 Å². The average Bonchev–Trinajstić information content (AvgIpc) is 3.30. The number of carbonyl (C=O) groups is 2. The van der Waals surface area contributed by atoms with Crippen LogP contribution in [-0.2, 0) is 26.0 Å². The first-order valence-corrected chi connectivity index (χ1v) is 11.5. The normalized spacial score (nSPS) is 15.5. The maximum absolute atomic E-state index is 12.6. The minimum absolute atomic E-state index is 0.141. The summed E-state index contributed by atoms with van der Waals surface area (Å²) >= 11 is 0. The molecule has 2 aromatic carbocycles. The highest BCUT2D eigenvalue weighted by Gasteiger charge is 2.27. The van der Waals surface area contributed by atoms with Crippen LogP contribution in [0.4, 0.5) is 5.69 Å². The topological polar surface area (TPSA) is 92.8 Å². The molecule has 1 N–H and O–H groups in total. The zero-order valence-corrected chi connectivity index (χ0v) is 17.9. The fourth-order valence-corrected chi connectivity index (χ4v) is 4.71. The number of anilines is 1. The molecule has 0 bridgehead atoms. The Hall–Kier alpha value is -2.71. The molecule has 3 rings (SSSR count). The average molecular weight is 431 g/mol. The lowest BCUT2D eigenvalue weighted by Crippen LogP contribution is -2.30. The van der Waals surface area contributed by atoms with Gasteiger partial charge in [-0.3, -0.25) is 4.79 Å². The summed E-state index contributed by atoms with van der Waals surface area (Å²) in [6, 6.07) is 13.0. The zero-order chi connectivity index (χ0) is 21.7. The Morgan fingerprint density at radius 2 is 1.63 bits per heavy atom. The second kappa shape index (κ2) is 9.40. The van der Waals surface area contributed by atoms with Gasteiger partial charge in [0.25, 0.3) is 5.91 Å². The number of aryl methyl sites for hydroxylation is 1. The van der Waals surface area contributed by atoms with Gasteiger partial charge >= 0.3 is 5.97 Å². The molecule has 0 spiro atoms. The van der Waals surface area contributed by atoms with Crippen molar-refractivity contribution in [2.24, 2.45) is 0 Å². The number of hydrogen-bond acceptors (Lipinski definition) is 5. The van der Waals surface area contributed by atoms with Crippen molar-refractivity contribution in [2.75, 3.05) is 18.4 Å². The third-order valence-electron chi connectivity index (χ3n) is 5.08. The highest BCUT2D eigenvalue weighted by Crippen LogP contribution is 2.21. The van der Waals surface area contributed by atoms with E-state index in [1.807, 2.05) is 19.1 Å².